The monoisotopic (exact) mass is 767 g/mol. The molecule has 47 heavy (non-hydrogen) atoms. The number of nitrogens with two attached hydrogens (primary N) is 1. The van der Waals surface area contributed by atoms with Crippen molar-refractivity contribution < 1.29 is 23.7 Å². The van der Waals surface area contributed by atoms with Crippen LogP contribution in [0.15, 0.2) is 84.0 Å². The van der Waals surface area contributed by atoms with Crippen LogP contribution >= 0.6 is 30.3 Å². The van der Waals surface area contributed by atoms with Gasteiger partial charge in [-0.3, -0.25) is 8.77 Å². The number of esters is 1. The summed E-state index contributed by atoms with van der Waals surface area (Å²) >= 11 is 2.16. The van der Waals surface area contributed by atoms with Crippen LogP contribution in [0.3, 0.4) is 0 Å². The van der Waals surface area contributed by atoms with Crippen LogP contribution in [0.4, 0.5) is 11.4 Å². The molecule has 0 unspecified atom stereocenters. The number of carbonyl (C=O) groups is 1. The van der Waals surface area contributed by atoms with Gasteiger partial charge in [0.1, 0.15) is 35.1 Å². The van der Waals surface area contributed by atoms with E-state index in [4.69, 9.17) is 24.7 Å². The fourth-order valence-corrected chi connectivity index (χ4v) is 6.99. The maximum Gasteiger partial charge on any atom is 0.356 e. The number of hydrogen-bond acceptors (Lipinski definition) is 10. The van der Waals surface area contributed by atoms with Crippen molar-refractivity contribution in [1.29, 1.82) is 0 Å². The quantitative estimate of drug-likeness (QED) is 0.0693. The van der Waals surface area contributed by atoms with Gasteiger partial charge in [0, 0.05) is 91.1 Å². The molecule has 1 fully saturated rings. The lowest BCUT2D eigenvalue weighted by Crippen LogP contribution is -2.37. The molecule has 244 valence electrons. The van der Waals surface area contributed by atoms with Crippen molar-refractivity contribution in [2.75, 3.05) is 44.0 Å². The van der Waals surface area contributed by atoms with E-state index in [0.29, 0.717) is 47.4 Å². The summed E-state index contributed by atoms with van der Waals surface area (Å²) in [6.07, 6.45) is 7.33. The lowest BCUT2D eigenvalue weighted by molar-refractivity contribution is 0.0202. The van der Waals surface area contributed by atoms with Crippen LogP contribution in [-0.4, -0.2) is 59.0 Å². The molecule has 0 atom stereocenters. The SMILES string of the molecule is COC(=O)c1ccc(N2CCC(OCCOc3cccc(Oc4ccc(N)cc4-c4cn(C)c(=O)c5c4ccn5SI)c3)CC2)cn1. The van der Waals surface area contributed by atoms with Crippen LogP contribution in [-0.2, 0) is 16.5 Å². The first-order valence-electron chi connectivity index (χ1n) is 15.1. The number of nitrogen functional groups attached to an aromatic ring is 1. The molecule has 2 N–H and O–H groups in total. The van der Waals surface area contributed by atoms with Crippen molar-refractivity contribution in [2.45, 2.75) is 18.9 Å². The number of aromatic nitrogens is 3. The van der Waals surface area contributed by atoms with Gasteiger partial charge in [-0.1, -0.05) is 6.07 Å². The zero-order valence-electron chi connectivity index (χ0n) is 25.9. The van der Waals surface area contributed by atoms with Gasteiger partial charge in [-0.15, -0.1) is 0 Å². The van der Waals surface area contributed by atoms with Gasteiger partial charge in [-0.05, 0) is 61.4 Å². The summed E-state index contributed by atoms with van der Waals surface area (Å²) in [5, 5.41) is 0.821. The first kappa shape index (κ1) is 32.7. The molecule has 5 aromatic rings. The van der Waals surface area contributed by atoms with Gasteiger partial charge in [0.05, 0.1) is 31.7 Å². The van der Waals surface area contributed by atoms with Crippen LogP contribution in [0.5, 0.6) is 17.2 Å². The molecular weight excluding hydrogens is 733 g/mol. The Morgan fingerprint density at radius 2 is 1.85 bits per heavy atom. The summed E-state index contributed by atoms with van der Waals surface area (Å²) in [6.45, 7) is 2.54. The first-order valence-corrected chi connectivity index (χ1v) is 18.4. The number of piperidine rings is 1. The number of fused-ring (bicyclic) bond motifs is 1. The van der Waals surface area contributed by atoms with Gasteiger partial charge < -0.3 is 34.1 Å². The molecule has 1 aliphatic rings. The van der Waals surface area contributed by atoms with E-state index in [1.807, 2.05) is 64.9 Å². The smallest absolute Gasteiger partial charge is 0.356 e. The zero-order valence-corrected chi connectivity index (χ0v) is 28.9. The highest BCUT2D eigenvalue weighted by Gasteiger charge is 2.21. The van der Waals surface area contributed by atoms with Crippen molar-refractivity contribution in [3.05, 3.63) is 95.3 Å². The topological polar surface area (TPSA) is 123 Å². The number of anilines is 2. The molecule has 0 aliphatic carbocycles. The van der Waals surface area contributed by atoms with Crippen LogP contribution in [0.1, 0.15) is 23.3 Å². The Bertz CT molecular complexity index is 1940. The van der Waals surface area contributed by atoms with Crippen LogP contribution in [0, 0.1) is 0 Å². The highest BCUT2D eigenvalue weighted by atomic mass is 127. The average Bonchev–Trinajstić information content (AvgIpc) is 3.54. The maximum atomic E-state index is 13.0. The molecule has 0 bridgehead atoms. The lowest BCUT2D eigenvalue weighted by Gasteiger charge is -2.33. The molecule has 1 aliphatic heterocycles. The van der Waals surface area contributed by atoms with Gasteiger partial charge in [0.15, 0.2) is 0 Å². The number of ether oxygens (including phenoxy) is 4. The van der Waals surface area contributed by atoms with Crippen LogP contribution < -0.4 is 25.7 Å². The molecule has 13 heteroatoms. The second-order valence-corrected chi connectivity index (χ2v) is 12.8. The van der Waals surface area contributed by atoms with E-state index in [1.165, 1.54) is 16.2 Å². The molecule has 2 aromatic carbocycles. The summed E-state index contributed by atoms with van der Waals surface area (Å²) in [6, 6.07) is 18.5. The van der Waals surface area contributed by atoms with Crippen molar-refractivity contribution in [3.8, 4) is 28.4 Å². The van der Waals surface area contributed by atoms with E-state index in [9.17, 15) is 9.59 Å². The van der Waals surface area contributed by atoms with Gasteiger partial charge in [0.25, 0.3) is 5.56 Å². The normalized spacial score (nSPS) is 13.6. The summed E-state index contributed by atoms with van der Waals surface area (Å²) in [4.78, 5) is 31.1. The zero-order chi connectivity index (χ0) is 32.9. The first-order chi connectivity index (χ1) is 22.8. The van der Waals surface area contributed by atoms with E-state index in [2.05, 4.69) is 31.1 Å². The fraction of sp³-hybridized carbons (Fsp3) is 0.265. The number of halogens is 1. The number of carbonyl (C=O) groups excluding carboxylic acids is 1. The minimum Gasteiger partial charge on any atom is -0.491 e. The van der Waals surface area contributed by atoms with Gasteiger partial charge in [-0.25, -0.2) is 9.78 Å². The van der Waals surface area contributed by atoms with Crippen molar-refractivity contribution in [2.24, 2.45) is 7.05 Å². The highest BCUT2D eigenvalue weighted by Crippen LogP contribution is 2.39. The average molecular weight is 768 g/mol. The van der Waals surface area contributed by atoms with E-state index in [1.54, 1.807) is 29.9 Å². The fourth-order valence-electron chi connectivity index (χ4n) is 5.66. The molecule has 0 amide bonds. The summed E-state index contributed by atoms with van der Waals surface area (Å²) < 4.78 is 26.7. The largest absolute Gasteiger partial charge is 0.491 e. The molecule has 4 heterocycles. The third-order valence-corrected chi connectivity index (χ3v) is 9.77. The Labute approximate surface area is 288 Å². The third kappa shape index (κ3) is 7.36. The van der Waals surface area contributed by atoms with Crippen molar-refractivity contribution in [1.82, 2.24) is 13.5 Å². The number of benzene rings is 2. The number of aryl methyl sites for hydroxylation is 1. The Morgan fingerprint density at radius 1 is 1.04 bits per heavy atom. The van der Waals surface area contributed by atoms with E-state index < -0.39 is 5.97 Å². The molecule has 6 rings (SSSR count). The number of hydrogen-bond donors (Lipinski definition) is 1. The Hall–Kier alpha value is -4.21. The molecular formula is C34H34IN5O6S. The lowest BCUT2D eigenvalue weighted by atomic mass is 10.0. The van der Waals surface area contributed by atoms with Crippen molar-refractivity contribution >= 4 is 58.6 Å². The Morgan fingerprint density at radius 3 is 2.60 bits per heavy atom. The van der Waals surface area contributed by atoms with E-state index >= 15 is 0 Å². The molecule has 0 radical (unpaired) electrons. The van der Waals surface area contributed by atoms with Gasteiger partial charge in [0.2, 0.25) is 0 Å². The van der Waals surface area contributed by atoms with E-state index in [0.717, 1.165) is 48.1 Å². The number of nitrogens with zero attached hydrogens (tertiary/aromatic N) is 4. The minimum absolute atomic E-state index is 0.0787. The Kier molecular flexibility index (Phi) is 10.2. The standard InChI is InChI=1S/C34H34IN5O6S/c1-38-21-29(27-12-15-40(47-35)32(27)33(38)41)28-18-22(36)6-9-31(28)46-26-5-3-4-25(19-26)45-17-16-44-24-10-13-39(14-11-24)23-7-8-30(37-20-23)34(42)43-2/h3-9,12,15,18-21,24H,10-11,13-14,16-17,36H2,1-2H3. The van der Waals surface area contributed by atoms with Crippen LogP contribution in [0.2, 0.25) is 0 Å². The molecule has 0 spiro atoms. The molecule has 1 saturated heterocycles. The number of methoxy groups -OCH3 is 1. The Balaban J connectivity index is 1.05. The second-order valence-electron chi connectivity index (χ2n) is 11.1. The molecule has 11 nitrogen and oxygen atoms in total. The van der Waals surface area contributed by atoms with Crippen LogP contribution in [0.25, 0.3) is 22.0 Å². The van der Waals surface area contributed by atoms with E-state index in [-0.39, 0.29) is 11.7 Å². The number of pyridine rings is 2. The highest BCUT2D eigenvalue weighted by molar-refractivity contribution is 14.2. The number of rotatable bonds is 11. The summed E-state index contributed by atoms with van der Waals surface area (Å²) in [5.74, 6) is 1.44. The van der Waals surface area contributed by atoms with Crippen molar-refractivity contribution in [3.63, 3.8) is 0 Å². The predicted molar refractivity (Wildman–Crippen MR) is 193 cm³/mol. The van der Waals surface area contributed by atoms with Gasteiger partial charge in [-0.2, -0.15) is 0 Å². The predicted octanol–water partition coefficient (Wildman–Crippen LogP) is 6.47. The third-order valence-electron chi connectivity index (χ3n) is 8.04. The van der Waals surface area contributed by atoms with Gasteiger partial charge >= 0.3 is 5.97 Å². The molecule has 0 saturated carbocycles. The second kappa shape index (κ2) is 14.7. The minimum atomic E-state index is -0.442. The molecule has 3 aromatic heterocycles. The summed E-state index contributed by atoms with van der Waals surface area (Å²) in [5.41, 5.74) is 10.2. The summed E-state index contributed by atoms with van der Waals surface area (Å²) in [7, 11) is 4.53. The maximum absolute atomic E-state index is 13.0.